The van der Waals surface area contributed by atoms with Gasteiger partial charge in [0.05, 0.1) is 13.1 Å². The monoisotopic (exact) mass is 344 g/mol. The van der Waals surface area contributed by atoms with Crippen LogP contribution >= 0.6 is 0 Å². The molecule has 7 nitrogen and oxygen atoms in total. The number of likely N-dealkylation sites (tertiary alicyclic amines) is 1. The maximum atomic E-state index is 12.0. The third-order valence-electron chi connectivity index (χ3n) is 3.89. The fourth-order valence-electron chi connectivity index (χ4n) is 2.24. The summed E-state index contributed by atoms with van der Waals surface area (Å²) in [7, 11) is 0. The summed E-state index contributed by atoms with van der Waals surface area (Å²) in [4.78, 5) is 25.2. The maximum absolute atomic E-state index is 12.0. The van der Waals surface area contributed by atoms with Gasteiger partial charge in [0.2, 0.25) is 0 Å². The lowest BCUT2D eigenvalue weighted by Gasteiger charge is -2.54. The second-order valence-electron chi connectivity index (χ2n) is 9.11. The Balaban J connectivity index is 2.54. The number of carbonyl (C=O) groups excluding carboxylic acids is 2. The predicted molar refractivity (Wildman–Crippen MR) is 90.8 cm³/mol. The van der Waals surface area contributed by atoms with Crippen LogP contribution in [0.5, 0.6) is 0 Å². The minimum atomic E-state index is -1.08. The van der Waals surface area contributed by atoms with Crippen LogP contribution in [0.1, 0.15) is 55.4 Å². The Kier molecular flexibility index (Phi) is 5.50. The van der Waals surface area contributed by atoms with Crippen LogP contribution in [0.2, 0.25) is 0 Å². The van der Waals surface area contributed by atoms with Gasteiger partial charge in [-0.25, -0.2) is 9.59 Å². The molecular formula is C17H32N2O5. The molecule has 0 aromatic rings. The Labute approximate surface area is 144 Å². The Morgan fingerprint density at radius 1 is 1.00 bits per heavy atom. The summed E-state index contributed by atoms with van der Waals surface area (Å²) >= 11 is 0. The van der Waals surface area contributed by atoms with Gasteiger partial charge in [0, 0.05) is 12.0 Å². The summed E-state index contributed by atoms with van der Waals surface area (Å²) in [5.74, 6) is 0. The zero-order chi connectivity index (χ0) is 19.0. The maximum Gasteiger partial charge on any atom is 0.410 e. The first-order valence-corrected chi connectivity index (χ1v) is 8.22. The molecular weight excluding hydrogens is 312 g/mol. The van der Waals surface area contributed by atoms with E-state index >= 15 is 0 Å². The van der Waals surface area contributed by atoms with Crippen LogP contribution < -0.4 is 5.32 Å². The summed E-state index contributed by atoms with van der Waals surface area (Å²) in [5.41, 5.74) is -2.85. The van der Waals surface area contributed by atoms with E-state index in [-0.39, 0.29) is 19.6 Å². The molecule has 0 atom stereocenters. The van der Waals surface area contributed by atoms with E-state index in [1.54, 1.807) is 41.5 Å². The molecule has 0 unspecified atom stereocenters. The average molecular weight is 344 g/mol. The zero-order valence-corrected chi connectivity index (χ0v) is 16.1. The van der Waals surface area contributed by atoms with Crippen molar-refractivity contribution in [2.24, 2.45) is 5.41 Å². The lowest BCUT2D eigenvalue weighted by Crippen LogP contribution is -2.71. The second kappa shape index (κ2) is 6.43. The Morgan fingerprint density at radius 2 is 1.46 bits per heavy atom. The van der Waals surface area contributed by atoms with Crippen LogP contribution in [-0.2, 0) is 9.47 Å². The Hall–Kier alpha value is -1.50. The standard InChI is InChI=1S/C17H32N2O5/c1-14(2,3)23-12(20)18-9-16(7,8)17(22)10-19(11-17)13(21)24-15(4,5)6/h22H,9-11H2,1-8H3,(H,18,20). The number of β-amino-alcohol motifs (C(OH)–C–C–N with tert-alkyl or cyclic N) is 1. The van der Waals surface area contributed by atoms with Crippen molar-refractivity contribution in [3.63, 3.8) is 0 Å². The van der Waals surface area contributed by atoms with Crippen molar-refractivity contribution >= 4 is 12.2 Å². The number of rotatable bonds is 3. The van der Waals surface area contributed by atoms with Crippen molar-refractivity contribution in [3.8, 4) is 0 Å². The molecule has 7 heteroatoms. The molecule has 1 fully saturated rings. The van der Waals surface area contributed by atoms with Crippen molar-refractivity contribution in [2.45, 2.75) is 72.2 Å². The van der Waals surface area contributed by atoms with Crippen molar-refractivity contribution < 1.29 is 24.2 Å². The van der Waals surface area contributed by atoms with Gasteiger partial charge >= 0.3 is 12.2 Å². The van der Waals surface area contributed by atoms with E-state index < -0.39 is 34.4 Å². The number of nitrogens with one attached hydrogen (secondary N) is 1. The third-order valence-corrected chi connectivity index (χ3v) is 3.89. The molecule has 0 aliphatic carbocycles. The Morgan fingerprint density at radius 3 is 1.88 bits per heavy atom. The molecule has 140 valence electrons. The molecule has 1 rings (SSSR count). The summed E-state index contributed by atoms with van der Waals surface area (Å²) < 4.78 is 10.5. The predicted octanol–water partition coefficient (Wildman–Crippen LogP) is 2.52. The fourth-order valence-corrected chi connectivity index (χ4v) is 2.24. The van der Waals surface area contributed by atoms with Crippen molar-refractivity contribution in [1.82, 2.24) is 10.2 Å². The van der Waals surface area contributed by atoms with Gasteiger partial charge in [-0.05, 0) is 41.5 Å². The fraction of sp³-hybridized carbons (Fsp3) is 0.882. The molecule has 2 amide bonds. The average Bonchev–Trinajstić information content (AvgIpc) is 2.28. The normalized spacial score (nSPS) is 17.8. The highest BCUT2D eigenvalue weighted by Gasteiger charge is 2.54. The minimum absolute atomic E-state index is 0.172. The number of aliphatic hydroxyl groups is 1. The van der Waals surface area contributed by atoms with Gasteiger partial charge in [0.15, 0.2) is 0 Å². The highest BCUT2D eigenvalue weighted by atomic mass is 16.6. The topological polar surface area (TPSA) is 88.1 Å². The molecule has 0 bridgehead atoms. The lowest BCUT2D eigenvalue weighted by atomic mass is 9.70. The van der Waals surface area contributed by atoms with Crippen LogP contribution in [-0.4, -0.2) is 58.6 Å². The summed E-state index contributed by atoms with van der Waals surface area (Å²) in [6.07, 6.45) is -0.967. The molecule has 1 aliphatic rings. The Bertz CT molecular complexity index is 473. The quantitative estimate of drug-likeness (QED) is 0.821. The number of hydrogen-bond donors (Lipinski definition) is 2. The van der Waals surface area contributed by atoms with Gasteiger partial charge in [0.25, 0.3) is 0 Å². The van der Waals surface area contributed by atoms with E-state index in [4.69, 9.17) is 9.47 Å². The third kappa shape index (κ3) is 5.54. The number of amides is 2. The van der Waals surface area contributed by atoms with Crippen LogP contribution in [0.15, 0.2) is 0 Å². The zero-order valence-electron chi connectivity index (χ0n) is 16.1. The van der Waals surface area contributed by atoms with Gasteiger partial charge in [-0.2, -0.15) is 0 Å². The number of carbonyl (C=O) groups is 2. The molecule has 0 aromatic heterocycles. The van der Waals surface area contributed by atoms with Gasteiger partial charge in [-0.15, -0.1) is 0 Å². The number of ether oxygens (including phenoxy) is 2. The van der Waals surface area contributed by atoms with Gasteiger partial charge in [-0.3, -0.25) is 0 Å². The second-order valence-corrected chi connectivity index (χ2v) is 9.11. The smallest absolute Gasteiger partial charge is 0.410 e. The van der Waals surface area contributed by atoms with E-state index in [0.717, 1.165) is 0 Å². The van der Waals surface area contributed by atoms with Crippen molar-refractivity contribution in [2.75, 3.05) is 19.6 Å². The molecule has 24 heavy (non-hydrogen) atoms. The summed E-state index contributed by atoms with van der Waals surface area (Å²) in [5, 5.41) is 13.4. The summed E-state index contributed by atoms with van der Waals surface area (Å²) in [6.45, 7) is 15.0. The van der Waals surface area contributed by atoms with Gasteiger partial charge < -0.3 is 24.8 Å². The summed E-state index contributed by atoms with van der Waals surface area (Å²) in [6, 6.07) is 0. The van der Waals surface area contributed by atoms with E-state index in [1.807, 2.05) is 13.8 Å². The highest BCUT2D eigenvalue weighted by Crippen LogP contribution is 2.38. The highest BCUT2D eigenvalue weighted by molar-refractivity contribution is 5.70. The first kappa shape index (κ1) is 20.5. The largest absolute Gasteiger partial charge is 0.444 e. The molecule has 0 spiro atoms. The van der Waals surface area contributed by atoms with Gasteiger partial charge in [0.1, 0.15) is 16.8 Å². The van der Waals surface area contributed by atoms with E-state index in [0.29, 0.717) is 0 Å². The first-order valence-electron chi connectivity index (χ1n) is 8.22. The lowest BCUT2D eigenvalue weighted by molar-refractivity contribution is -0.161. The van der Waals surface area contributed by atoms with Crippen molar-refractivity contribution in [1.29, 1.82) is 0 Å². The van der Waals surface area contributed by atoms with Crippen LogP contribution in [0, 0.1) is 5.41 Å². The van der Waals surface area contributed by atoms with E-state index in [9.17, 15) is 14.7 Å². The molecule has 1 saturated heterocycles. The van der Waals surface area contributed by atoms with Crippen LogP contribution in [0.3, 0.4) is 0 Å². The van der Waals surface area contributed by atoms with E-state index in [1.165, 1.54) is 4.90 Å². The molecule has 1 heterocycles. The molecule has 1 aliphatic heterocycles. The van der Waals surface area contributed by atoms with E-state index in [2.05, 4.69) is 5.32 Å². The van der Waals surface area contributed by atoms with Gasteiger partial charge in [-0.1, -0.05) is 13.8 Å². The molecule has 0 aromatic carbocycles. The first-order chi connectivity index (χ1) is 10.5. The SMILES string of the molecule is CC(C)(C)OC(=O)NCC(C)(C)C1(O)CN(C(=O)OC(C)(C)C)C1. The van der Waals surface area contributed by atoms with Crippen LogP contribution in [0.4, 0.5) is 9.59 Å². The molecule has 0 saturated carbocycles. The van der Waals surface area contributed by atoms with Crippen molar-refractivity contribution in [3.05, 3.63) is 0 Å². The molecule has 2 N–H and O–H groups in total. The number of nitrogens with zero attached hydrogens (tertiary/aromatic N) is 1. The molecule has 0 radical (unpaired) electrons. The number of hydrogen-bond acceptors (Lipinski definition) is 5. The van der Waals surface area contributed by atoms with Crippen LogP contribution in [0.25, 0.3) is 0 Å². The number of alkyl carbamates (subject to hydrolysis) is 1. The minimum Gasteiger partial charge on any atom is -0.444 e.